The Kier molecular flexibility index (Phi) is 4.15. The molecule has 0 saturated carbocycles. The third-order valence-electron chi connectivity index (χ3n) is 4.00. The highest BCUT2D eigenvalue weighted by Gasteiger charge is 2.23. The van der Waals surface area contributed by atoms with Crippen LogP contribution in [0, 0.1) is 0 Å². The average molecular weight is 355 g/mol. The van der Waals surface area contributed by atoms with Crippen LogP contribution in [0.25, 0.3) is 11.1 Å². The molecule has 1 aromatic heterocycles. The number of rotatable bonds is 4. The first-order chi connectivity index (χ1) is 12.2. The van der Waals surface area contributed by atoms with E-state index in [0.29, 0.717) is 19.2 Å². The third-order valence-corrected chi connectivity index (χ3v) is 4.33. The van der Waals surface area contributed by atoms with Crippen molar-refractivity contribution in [3.8, 4) is 22.9 Å². The maximum Gasteiger partial charge on any atom is 0.300 e. The quantitative estimate of drug-likeness (QED) is 0.720. The fraction of sp³-hybridized carbons (Fsp3) is 0.158. The Bertz CT molecular complexity index is 953. The molecule has 0 spiro atoms. The summed E-state index contributed by atoms with van der Waals surface area (Å²) >= 11 is 6.22. The molecule has 0 bridgehead atoms. The fourth-order valence-corrected chi connectivity index (χ4v) is 3.00. The predicted molar refractivity (Wildman–Crippen MR) is 95.3 cm³/mol. The first-order valence-corrected chi connectivity index (χ1v) is 8.29. The van der Waals surface area contributed by atoms with Crippen molar-refractivity contribution >= 4 is 11.6 Å². The second kappa shape index (κ2) is 6.61. The Hall–Kier alpha value is -2.79. The van der Waals surface area contributed by atoms with Gasteiger partial charge >= 0.3 is 0 Å². The van der Waals surface area contributed by atoms with Gasteiger partial charge in [-0.1, -0.05) is 41.9 Å². The van der Waals surface area contributed by atoms with Gasteiger partial charge in [-0.2, -0.15) is 4.98 Å². The van der Waals surface area contributed by atoms with Crippen LogP contribution in [0.1, 0.15) is 0 Å². The largest absolute Gasteiger partial charge is 0.490 e. The van der Waals surface area contributed by atoms with Crippen LogP contribution in [0.4, 0.5) is 0 Å². The Morgan fingerprint density at radius 3 is 2.76 bits per heavy atom. The van der Waals surface area contributed by atoms with E-state index in [1.807, 2.05) is 48.5 Å². The van der Waals surface area contributed by atoms with Gasteiger partial charge in [0.1, 0.15) is 12.4 Å². The van der Waals surface area contributed by atoms with E-state index in [4.69, 9.17) is 21.1 Å². The minimum atomic E-state index is -0.303. The van der Waals surface area contributed by atoms with Gasteiger partial charge in [0, 0.05) is 22.8 Å². The van der Waals surface area contributed by atoms with Crippen LogP contribution in [-0.2, 0) is 6.54 Å². The standard InChI is InChI=1S/C19H15ClN2O3/c20-17-4-2-1-3-16(17)13-5-7-14(8-6-13)24-12-15-11-22-10-9-18(23)21-19(22)25-15/h1-10,15H,11-12H2/t15-/m0/s1. The number of hydrogen-bond acceptors (Lipinski definition) is 4. The lowest BCUT2D eigenvalue weighted by Gasteiger charge is -2.12. The second-order valence-electron chi connectivity index (χ2n) is 5.76. The van der Waals surface area contributed by atoms with Crippen molar-refractivity contribution in [2.24, 2.45) is 0 Å². The fourth-order valence-electron chi connectivity index (χ4n) is 2.75. The highest BCUT2D eigenvalue weighted by Crippen LogP contribution is 2.29. The first-order valence-electron chi connectivity index (χ1n) is 7.91. The molecule has 0 saturated heterocycles. The third kappa shape index (κ3) is 3.37. The highest BCUT2D eigenvalue weighted by molar-refractivity contribution is 6.33. The van der Waals surface area contributed by atoms with Crippen LogP contribution in [0.15, 0.2) is 65.6 Å². The van der Waals surface area contributed by atoms with E-state index in [0.717, 1.165) is 21.9 Å². The summed E-state index contributed by atoms with van der Waals surface area (Å²) in [6.07, 6.45) is 1.51. The molecule has 4 rings (SSSR count). The molecular formula is C19H15ClN2O3. The van der Waals surface area contributed by atoms with Gasteiger partial charge in [0.15, 0.2) is 6.10 Å². The molecular weight excluding hydrogens is 340 g/mol. The van der Waals surface area contributed by atoms with Gasteiger partial charge in [0.2, 0.25) is 0 Å². The van der Waals surface area contributed by atoms with Crippen molar-refractivity contribution in [3.63, 3.8) is 0 Å². The Morgan fingerprint density at radius 1 is 1.16 bits per heavy atom. The second-order valence-corrected chi connectivity index (χ2v) is 6.16. The number of hydrogen-bond donors (Lipinski definition) is 0. The lowest BCUT2D eigenvalue weighted by atomic mass is 10.1. The number of ether oxygens (including phenoxy) is 2. The smallest absolute Gasteiger partial charge is 0.300 e. The molecule has 0 radical (unpaired) electrons. The molecule has 2 heterocycles. The highest BCUT2D eigenvalue weighted by atomic mass is 35.5. The first kappa shape index (κ1) is 15.7. The van der Waals surface area contributed by atoms with Crippen LogP contribution in [-0.4, -0.2) is 22.3 Å². The number of fused-ring (bicyclic) bond motifs is 1. The van der Waals surface area contributed by atoms with Gasteiger partial charge in [-0.25, -0.2) is 0 Å². The molecule has 1 atom stereocenters. The summed E-state index contributed by atoms with van der Waals surface area (Å²) in [5, 5.41) is 0.718. The topological polar surface area (TPSA) is 53.4 Å². The van der Waals surface area contributed by atoms with E-state index in [1.165, 1.54) is 6.07 Å². The van der Waals surface area contributed by atoms with Crippen LogP contribution < -0.4 is 15.0 Å². The van der Waals surface area contributed by atoms with Crippen LogP contribution >= 0.6 is 11.6 Å². The van der Waals surface area contributed by atoms with E-state index >= 15 is 0 Å². The van der Waals surface area contributed by atoms with Gasteiger partial charge in [-0.3, -0.25) is 9.36 Å². The Balaban J connectivity index is 1.40. The molecule has 5 nitrogen and oxygen atoms in total. The van der Waals surface area contributed by atoms with Crippen molar-refractivity contribution in [2.45, 2.75) is 12.6 Å². The summed E-state index contributed by atoms with van der Waals surface area (Å²) in [5.74, 6) is 0.748. The summed E-state index contributed by atoms with van der Waals surface area (Å²) < 4.78 is 13.2. The van der Waals surface area contributed by atoms with E-state index in [2.05, 4.69) is 4.98 Å². The van der Waals surface area contributed by atoms with Gasteiger partial charge in [0.25, 0.3) is 11.6 Å². The zero-order valence-electron chi connectivity index (χ0n) is 13.3. The Morgan fingerprint density at radius 2 is 1.96 bits per heavy atom. The molecule has 1 aliphatic heterocycles. The minimum absolute atomic E-state index is 0.169. The number of halogens is 1. The summed E-state index contributed by atoms with van der Waals surface area (Å²) in [4.78, 5) is 15.1. The molecule has 6 heteroatoms. The van der Waals surface area contributed by atoms with Crippen LogP contribution in [0.5, 0.6) is 11.8 Å². The minimum Gasteiger partial charge on any atom is -0.490 e. The lowest BCUT2D eigenvalue weighted by molar-refractivity contribution is 0.143. The van der Waals surface area contributed by atoms with E-state index in [1.54, 1.807) is 10.8 Å². The zero-order valence-corrected chi connectivity index (χ0v) is 14.0. The summed E-state index contributed by atoms with van der Waals surface area (Å²) in [7, 11) is 0. The number of aromatic nitrogens is 2. The van der Waals surface area contributed by atoms with Gasteiger partial charge in [-0.15, -0.1) is 0 Å². The van der Waals surface area contributed by atoms with Crippen LogP contribution in [0.2, 0.25) is 5.02 Å². The van der Waals surface area contributed by atoms with Crippen molar-refractivity contribution in [2.75, 3.05) is 6.61 Å². The SMILES string of the molecule is O=c1ccn2c(n1)O[C@H](COc1ccc(-c3ccccc3Cl)cc1)C2. The maximum absolute atomic E-state index is 11.2. The molecule has 3 aromatic rings. The summed E-state index contributed by atoms with van der Waals surface area (Å²) in [6.45, 7) is 0.989. The van der Waals surface area contributed by atoms with Crippen molar-refractivity contribution < 1.29 is 9.47 Å². The summed E-state index contributed by atoms with van der Waals surface area (Å²) in [5.41, 5.74) is 1.72. The van der Waals surface area contributed by atoms with Crippen molar-refractivity contribution in [3.05, 3.63) is 76.2 Å². The van der Waals surface area contributed by atoms with E-state index < -0.39 is 0 Å². The molecule has 2 aromatic carbocycles. The van der Waals surface area contributed by atoms with Crippen molar-refractivity contribution in [1.82, 2.24) is 9.55 Å². The normalized spacial score (nSPS) is 15.5. The van der Waals surface area contributed by atoms with Crippen molar-refractivity contribution in [1.29, 1.82) is 0 Å². The molecule has 0 unspecified atom stereocenters. The predicted octanol–water partition coefficient (Wildman–Crippen LogP) is 3.40. The molecule has 0 fully saturated rings. The molecule has 0 amide bonds. The molecule has 0 N–H and O–H groups in total. The van der Waals surface area contributed by atoms with E-state index in [9.17, 15) is 4.79 Å². The Labute approximate surface area is 149 Å². The van der Waals surface area contributed by atoms with Crippen LogP contribution in [0.3, 0.4) is 0 Å². The monoisotopic (exact) mass is 354 g/mol. The molecule has 0 aliphatic carbocycles. The summed E-state index contributed by atoms with van der Waals surface area (Å²) in [6, 6.07) is 17.2. The maximum atomic E-state index is 11.2. The molecule has 25 heavy (non-hydrogen) atoms. The van der Waals surface area contributed by atoms with Gasteiger partial charge in [0.05, 0.1) is 6.54 Å². The van der Waals surface area contributed by atoms with Gasteiger partial charge < -0.3 is 9.47 Å². The molecule has 1 aliphatic rings. The average Bonchev–Trinajstić information content (AvgIpc) is 3.03. The van der Waals surface area contributed by atoms with E-state index in [-0.39, 0.29) is 11.7 Å². The van der Waals surface area contributed by atoms with Gasteiger partial charge in [-0.05, 0) is 23.8 Å². The number of nitrogens with zero attached hydrogens (tertiary/aromatic N) is 2. The number of benzene rings is 2. The lowest BCUT2D eigenvalue weighted by Crippen LogP contribution is -2.23. The zero-order chi connectivity index (χ0) is 17.2. The molecule has 126 valence electrons.